The van der Waals surface area contributed by atoms with E-state index < -0.39 is 0 Å². The van der Waals surface area contributed by atoms with Crippen molar-refractivity contribution >= 4 is 5.97 Å². The number of esters is 1. The van der Waals surface area contributed by atoms with Crippen LogP contribution in [0, 0.1) is 6.92 Å². The van der Waals surface area contributed by atoms with Crippen LogP contribution >= 0.6 is 0 Å². The summed E-state index contributed by atoms with van der Waals surface area (Å²) in [6, 6.07) is 8.25. The van der Waals surface area contributed by atoms with Crippen molar-refractivity contribution in [3.05, 3.63) is 47.2 Å². The Balaban J connectivity index is 1.91. The molecule has 1 aliphatic carbocycles. The lowest BCUT2D eigenvalue weighted by Gasteiger charge is -2.19. The van der Waals surface area contributed by atoms with Gasteiger partial charge >= 0.3 is 5.97 Å². The molecule has 1 fully saturated rings. The van der Waals surface area contributed by atoms with Crippen molar-refractivity contribution < 1.29 is 14.3 Å². The van der Waals surface area contributed by atoms with Crippen LogP contribution in [0.4, 0.5) is 0 Å². The minimum atomic E-state index is -0.280. The van der Waals surface area contributed by atoms with Gasteiger partial charge in [0.05, 0.1) is 0 Å². The summed E-state index contributed by atoms with van der Waals surface area (Å²) in [7, 11) is 0. The standard InChI is InChI=1S/C15H16O3/c1-10-6-3-4-7-12(10)15-9-5-8-13(14(15)18-15)17-11(2)16/h3-4,6-8,14H,5,9H2,1-2H3/t14-,15-/m1/s1. The number of epoxide rings is 1. The number of aryl methyl sites for hydroxylation is 1. The summed E-state index contributed by atoms with van der Waals surface area (Å²) in [6.45, 7) is 3.51. The van der Waals surface area contributed by atoms with Gasteiger partial charge in [-0.25, -0.2) is 0 Å². The minimum Gasteiger partial charge on any atom is -0.429 e. The van der Waals surface area contributed by atoms with Gasteiger partial charge < -0.3 is 9.47 Å². The van der Waals surface area contributed by atoms with Crippen molar-refractivity contribution in [3.63, 3.8) is 0 Å². The van der Waals surface area contributed by atoms with Crippen LogP contribution in [0.1, 0.15) is 30.9 Å². The highest BCUT2D eigenvalue weighted by Crippen LogP contribution is 2.56. The number of rotatable bonds is 2. The number of ether oxygens (including phenoxy) is 2. The molecule has 0 unspecified atom stereocenters. The molecule has 18 heavy (non-hydrogen) atoms. The van der Waals surface area contributed by atoms with E-state index in [4.69, 9.17) is 9.47 Å². The number of hydrogen-bond donors (Lipinski definition) is 0. The molecule has 3 rings (SSSR count). The Kier molecular flexibility index (Phi) is 2.52. The van der Waals surface area contributed by atoms with Gasteiger partial charge in [0.2, 0.25) is 0 Å². The van der Waals surface area contributed by atoms with E-state index in [9.17, 15) is 4.79 Å². The van der Waals surface area contributed by atoms with Gasteiger partial charge in [-0.05, 0) is 37.0 Å². The highest BCUT2D eigenvalue weighted by atomic mass is 16.6. The number of hydrogen-bond acceptors (Lipinski definition) is 3. The molecule has 1 aromatic carbocycles. The van der Waals surface area contributed by atoms with Crippen molar-refractivity contribution in [1.82, 2.24) is 0 Å². The first kappa shape index (κ1) is 11.5. The SMILES string of the molecule is CC(=O)OC1=CCC[C@]2(c3ccccc3C)O[C@H]12. The quantitative estimate of drug-likeness (QED) is 0.593. The summed E-state index contributed by atoms with van der Waals surface area (Å²) in [5.41, 5.74) is 2.18. The number of carbonyl (C=O) groups excluding carboxylic acids is 1. The lowest BCUT2D eigenvalue weighted by molar-refractivity contribution is -0.137. The molecule has 1 aromatic rings. The van der Waals surface area contributed by atoms with Gasteiger partial charge in [0.1, 0.15) is 17.5 Å². The van der Waals surface area contributed by atoms with Crippen LogP contribution < -0.4 is 0 Å². The molecule has 94 valence electrons. The molecule has 1 aliphatic heterocycles. The molecule has 0 amide bonds. The predicted molar refractivity (Wildman–Crippen MR) is 66.8 cm³/mol. The third-order valence-corrected chi connectivity index (χ3v) is 3.68. The predicted octanol–water partition coefficient (Wildman–Crippen LogP) is 2.83. The highest BCUT2D eigenvalue weighted by molar-refractivity contribution is 5.67. The Morgan fingerprint density at radius 3 is 2.94 bits per heavy atom. The van der Waals surface area contributed by atoms with E-state index in [1.54, 1.807) is 0 Å². The Morgan fingerprint density at radius 2 is 2.22 bits per heavy atom. The maximum atomic E-state index is 11.1. The first-order valence-corrected chi connectivity index (χ1v) is 6.26. The van der Waals surface area contributed by atoms with Crippen molar-refractivity contribution in [1.29, 1.82) is 0 Å². The number of carbonyl (C=O) groups is 1. The Bertz CT molecular complexity index is 532. The molecule has 0 spiro atoms. The number of allylic oxidation sites excluding steroid dienone is 1. The van der Waals surface area contributed by atoms with E-state index in [-0.39, 0.29) is 17.7 Å². The molecule has 0 aromatic heterocycles. The molecular weight excluding hydrogens is 228 g/mol. The van der Waals surface area contributed by atoms with Gasteiger partial charge in [0.25, 0.3) is 0 Å². The van der Waals surface area contributed by atoms with Gasteiger partial charge in [0.15, 0.2) is 0 Å². The molecular formula is C15H16O3. The largest absolute Gasteiger partial charge is 0.429 e. The third-order valence-electron chi connectivity index (χ3n) is 3.68. The zero-order valence-corrected chi connectivity index (χ0v) is 10.6. The number of fused-ring (bicyclic) bond motifs is 1. The maximum absolute atomic E-state index is 11.1. The molecule has 0 radical (unpaired) electrons. The number of benzene rings is 1. The average Bonchev–Trinajstić information content (AvgIpc) is 3.05. The van der Waals surface area contributed by atoms with Crippen LogP contribution in [0.5, 0.6) is 0 Å². The Hall–Kier alpha value is -1.61. The molecule has 1 heterocycles. The molecule has 2 aliphatic rings. The average molecular weight is 244 g/mol. The van der Waals surface area contributed by atoms with Crippen LogP contribution in [0.15, 0.2) is 36.1 Å². The maximum Gasteiger partial charge on any atom is 0.307 e. The van der Waals surface area contributed by atoms with Crippen LogP contribution in [-0.4, -0.2) is 12.1 Å². The fourth-order valence-corrected chi connectivity index (χ4v) is 2.84. The van der Waals surface area contributed by atoms with Crippen molar-refractivity contribution in [2.75, 3.05) is 0 Å². The summed E-state index contributed by atoms with van der Waals surface area (Å²) >= 11 is 0. The van der Waals surface area contributed by atoms with E-state index in [1.165, 1.54) is 18.1 Å². The van der Waals surface area contributed by atoms with Gasteiger partial charge in [0, 0.05) is 6.92 Å². The molecule has 3 nitrogen and oxygen atoms in total. The van der Waals surface area contributed by atoms with E-state index in [2.05, 4.69) is 19.1 Å². The second-order valence-corrected chi connectivity index (χ2v) is 4.94. The van der Waals surface area contributed by atoms with E-state index in [0.717, 1.165) is 12.8 Å². The second-order valence-electron chi connectivity index (χ2n) is 4.94. The fraction of sp³-hybridized carbons (Fsp3) is 0.400. The van der Waals surface area contributed by atoms with E-state index >= 15 is 0 Å². The summed E-state index contributed by atoms with van der Waals surface area (Å²) < 4.78 is 11.1. The third kappa shape index (κ3) is 1.66. The van der Waals surface area contributed by atoms with Crippen LogP contribution in [0.25, 0.3) is 0 Å². The summed E-state index contributed by atoms with van der Waals surface area (Å²) in [5.74, 6) is 0.398. The van der Waals surface area contributed by atoms with E-state index in [1.807, 2.05) is 18.2 Å². The second kappa shape index (κ2) is 3.95. The normalized spacial score (nSPS) is 29.2. The van der Waals surface area contributed by atoms with Gasteiger partial charge in [-0.15, -0.1) is 0 Å². The smallest absolute Gasteiger partial charge is 0.307 e. The zero-order valence-electron chi connectivity index (χ0n) is 10.6. The monoisotopic (exact) mass is 244 g/mol. The molecule has 3 heteroatoms. The van der Waals surface area contributed by atoms with Gasteiger partial charge in [-0.2, -0.15) is 0 Å². The van der Waals surface area contributed by atoms with Crippen molar-refractivity contribution in [3.8, 4) is 0 Å². The first-order valence-electron chi connectivity index (χ1n) is 6.26. The van der Waals surface area contributed by atoms with Gasteiger partial charge in [-0.3, -0.25) is 4.79 Å². The van der Waals surface area contributed by atoms with Crippen LogP contribution in [0.3, 0.4) is 0 Å². The van der Waals surface area contributed by atoms with Crippen LogP contribution in [0.2, 0.25) is 0 Å². The van der Waals surface area contributed by atoms with Crippen molar-refractivity contribution in [2.24, 2.45) is 0 Å². The van der Waals surface area contributed by atoms with Gasteiger partial charge in [-0.1, -0.05) is 24.3 Å². The Morgan fingerprint density at radius 1 is 1.44 bits per heavy atom. The first-order chi connectivity index (χ1) is 8.63. The molecule has 0 N–H and O–H groups in total. The fourth-order valence-electron chi connectivity index (χ4n) is 2.84. The summed E-state index contributed by atoms with van der Waals surface area (Å²) in [4.78, 5) is 11.1. The lowest BCUT2D eigenvalue weighted by Crippen LogP contribution is -2.20. The zero-order chi connectivity index (χ0) is 12.8. The lowest BCUT2D eigenvalue weighted by atomic mass is 9.84. The minimum absolute atomic E-state index is 0.0868. The van der Waals surface area contributed by atoms with Crippen LogP contribution in [-0.2, 0) is 19.9 Å². The summed E-state index contributed by atoms with van der Waals surface area (Å²) in [6.07, 6.45) is 3.72. The molecule has 1 saturated heterocycles. The topological polar surface area (TPSA) is 38.8 Å². The molecule has 0 bridgehead atoms. The summed E-state index contributed by atoms with van der Waals surface area (Å²) in [5, 5.41) is 0. The Labute approximate surface area is 106 Å². The van der Waals surface area contributed by atoms with E-state index in [0.29, 0.717) is 5.76 Å². The molecule has 2 atom stereocenters. The van der Waals surface area contributed by atoms with Crippen molar-refractivity contribution in [2.45, 2.75) is 38.4 Å². The molecule has 0 saturated carbocycles. The highest BCUT2D eigenvalue weighted by Gasteiger charge is 2.62.